The quantitative estimate of drug-likeness (QED) is 0.714. The average Bonchev–Trinajstić information content (AvgIpc) is 2.87. The minimum Gasteiger partial charge on any atom is -0.300 e. The molecule has 0 radical (unpaired) electrons. The number of allylic oxidation sites excluding steroid dienone is 1. The van der Waals surface area contributed by atoms with Crippen LogP contribution in [0.15, 0.2) is 11.6 Å². The molecule has 0 aromatic heterocycles. The first-order chi connectivity index (χ1) is 11.6. The molecular formula is C22H30O3. The van der Waals surface area contributed by atoms with Crippen molar-refractivity contribution in [1.29, 1.82) is 0 Å². The van der Waals surface area contributed by atoms with Crippen LogP contribution in [0.25, 0.3) is 0 Å². The molecule has 0 aromatic carbocycles. The first-order valence-corrected chi connectivity index (χ1v) is 9.92. The van der Waals surface area contributed by atoms with Crippen LogP contribution in [-0.4, -0.2) is 17.3 Å². The zero-order valence-electron chi connectivity index (χ0n) is 16.0. The fourth-order valence-corrected chi connectivity index (χ4v) is 7.40. The maximum Gasteiger partial charge on any atom is 0.155 e. The number of carbonyl (C=O) groups excluding carboxylic acids is 3. The predicted molar refractivity (Wildman–Crippen MR) is 95.9 cm³/mol. The maximum absolute atomic E-state index is 13.6. The summed E-state index contributed by atoms with van der Waals surface area (Å²) in [6.45, 7) is 8.32. The summed E-state index contributed by atoms with van der Waals surface area (Å²) in [5, 5.41) is 0. The second kappa shape index (κ2) is 5.14. The van der Waals surface area contributed by atoms with Crippen molar-refractivity contribution >= 4 is 17.3 Å². The van der Waals surface area contributed by atoms with Gasteiger partial charge >= 0.3 is 0 Å². The van der Waals surface area contributed by atoms with Crippen LogP contribution < -0.4 is 0 Å². The monoisotopic (exact) mass is 342 g/mol. The molecule has 3 fully saturated rings. The molecule has 136 valence electrons. The molecule has 6 unspecified atom stereocenters. The molecule has 0 heterocycles. The normalized spacial score (nSPS) is 49.1. The van der Waals surface area contributed by atoms with Crippen molar-refractivity contribution in [3.8, 4) is 0 Å². The second-order valence-corrected chi connectivity index (χ2v) is 9.77. The van der Waals surface area contributed by atoms with Gasteiger partial charge in [0.15, 0.2) is 5.78 Å². The van der Waals surface area contributed by atoms with Gasteiger partial charge in [-0.15, -0.1) is 0 Å². The molecule has 4 aliphatic rings. The maximum atomic E-state index is 13.6. The first kappa shape index (κ1) is 17.2. The topological polar surface area (TPSA) is 51.2 Å². The van der Waals surface area contributed by atoms with E-state index in [1.807, 2.05) is 6.08 Å². The van der Waals surface area contributed by atoms with Gasteiger partial charge in [-0.05, 0) is 62.4 Å². The van der Waals surface area contributed by atoms with Crippen LogP contribution in [0.5, 0.6) is 0 Å². The highest BCUT2D eigenvalue weighted by Gasteiger charge is 2.68. The van der Waals surface area contributed by atoms with Gasteiger partial charge in [0.25, 0.3) is 0 Å². The molecule has 0 bridgehead atoms. The van der Waals surface area contributed by atoms with Crippen molar-refractivity contribution in [2.24, 2.45) is 34.0 Å². The highest BCUT2D eigenvalue weighted by atomic mass is 16.1. The van der Waals surface area contributed by atoms with Crippen LogP contribution in [-0.2, 0) is 14.4 Å². The fourth-order valence-electron chi connectivity index (χ4n) is 7.40. The Labute approximate surface area is 150 Å². The highest BCUT2D eigenvalue weighted by Crippen LogP contribution is 2.70. The second-order valence-electron chi connectivity index (χ2n) is 9.77. The van der Waals surface area contributed by atoms with E-state index in [4.69, 9.17) is 0 Å². The lowest BCUT2D eigenvalue weighted by molar-refractivity contribution is -0.165. The minimum absolute atomic E-state index is 0.0451. The van der Waals surface area contributed by atoms with Gasteiger partial charge in [-0.25, -0.2) is 0 Å². The molecule has 3 nitrogen and oxygen atoms in total. The van der Waals surface area contributed by atoms with Gasteiger partial charge in [-0.3, -0.25) is 14.4 Å². The summed E-state index contributed by atoms with van der Waals surface area (Å²) in [6, 6.07) is 0. The Hall–Kier alpha value is -1.25. The number of fused-ring (bicyclic) bond motifs is 5. The third-order valence-corrected chi connectivity index (χ3v) is 9.03. The van der Waals surface area contributed by atoms with Crippen molar-refractivity contribution in [1.82, 2.24) is 0 Å². The molecule has 4 aliphatic carbocycles. The summed E-state index contributed by atoms with van der Waals surface area (Å²) in [7, 11) is 0. The molecule has 0 N–H and O–H groups in total. The van der Waals surface area contributed by atoms with Crippen LogP contribution in [0, 0.1) is 34.0 Å². The largest absolute Gasteiger partial charge is 0.300 e. The zero-order valence-corrected chi connectivity index (χ0v) is 16.0. The zero-order chi connectivity index (χ0) is 18.2. The summed E-state index contributed by atoms with van der Waals surface area (Å²) >= 11 is 0. The minimum atomic E-state index is -0.381. The van der Waals surface area contributed by atoms with E-state index in [-0.39, 0.29) is 33.7 Å². The van der Waals surface area contributed by atoms with Crippen molar-refractivity contribution in [2.75, 3.05) is 0 Å². The number of hydrogen-bond donors (Lipinski definition) is 0. The van der Waals surface area contributed by atoms with Crippen molar-refractivity contribution in [3.05, 3.63) is 11.6 Å². The number of ketones is 3. The molecule has 0 spiro atoms. The molecular weight excluding hydrogens is 312 g/mol. The van der Waals surface area contributed by atoms with Gasteiger partial charge < -0.3 is 0 Å². The van der Waals surface area contributed by atoms with Crippen LogP contribution in [0.2, 0.25) is 0 Å². The van der Waals surface area contributed by atoms with Crippen molar-refractivity contribution in [3.63, 3.8) is 0 Å². The van der Waals surface area contributed by atoms with Crippen molar-refractivity contribution in [2.45, 2.75) is 72.6 Å². The third-order valence-electron chi connectivity index (χ3n) is 9.03. The van der Waals surface area contributed by atoms with Gasteiger partial charge in [0.05, 0.1) is 0 Å². The van der Waals surface area contributed by atoms with Gasteiger partial charge in [-0.2, -0.15) is 0 Å². The summed E-state index contributed by atoms with van der Waals surface area (Å²) in [5.41, 5.74) is 0.486. The number of Topliss-reactive ketones (excluding diaryl/α,β-unsaturated/α-hetero) is 2. The molecule has 4 rings (SSSR count). The first-order valence-electron chi connectivity index (χ1n) is 9.92. The summed E-state index contributed by atoms with van der Waals surface area (Å²) < 4.78 is 0. The van der Waals surface area contributed by atoms with E-state index >= 15 is 0 Å². The molecule has 6 atom stereocenters. The van der Waals surface area contributed by atoms with E-state index in [2.05, 4.69) is 20.8 Å². The third kappa shape index (κ3) is 1.96. The Bertz CT molecular complexity index is 704. The fraction of sp³-hybridized carbons (Fsp3) is 0.773. The molecule has 3 heteroatoms. The molecule has 3 saturated carbocycles. The average molecular weight is 342 g/mol. The molecule has 0 aromatic rings. The summed E-state index contributed by atoms with van der Waals surface area (Å²) in [6.07, 6.45) is 7.68. The lowest BCUT2D eigenvalue weighted by atomic mass is 9.39. The van der Waals surface area contributed by atoms with Crippen LogP contribution in [0.4, 0.5) is 0 Å². The SMILES string of the molecule is CC(=O)C1CCC2C3CCC4=CC(=O)CCC4(C)C3(C)C(=O)CC12C. The van der Waals surface area contributed by atoms with E-state index in [1.165, 1.54) is 5.57 Å². The Kier molecular flexibility index (Phi) is 3.53. The van der Waals surface area contributed by atoms with Gasteiger partial charge in [0.1, 0.15) is 11.6 Å². The predicted octanol–water partition coefficient (Wildman–Crippen LogP) is 4.29. The van der Waals surface area contributed by atoms with Crippen LogP contribution in [0.3, 0.4) is 0 Å². The van der Waals surface area contributed by atoms with Crippen molar-refractivity contribution < 1.29 is 14.4 Å². The van der Waals surface area contributed by atoms with Crippen LogP contribution in [0.1, 0.15) is 72.6 Å². The van der Waals surface area contributed by atoms with Gasteiger partial charge in [0, 0.05) is 29.6 Å². The lowest BCUT2D eigenvalue weighted by Gasteiger charge is -2.63. The number of carbonyl (C=O) groups is 3. The number of rotatable bonds is 1. The van der Waals surface area contributed by atoms with E-state index in [9.17, 15) is 14.4 Å². The summed E-state index contributed by atoms with van der Waals surface area (Å²) in [5.74, 6) is 1.67. The number of hydrogen-bond acceptors (Lipinski definition) is 3. The summed E-state index contributed by atoms with van der Waals surface area (Å²) in [4.78, 5) is 37.8. The molecule has 25 heavy (non-hydrogen) atoms. The highest BCUT2D eigenvalue weighted by molar-refractivity contribution is 5.94. The Balaban J connectivity index is 1.81. The molecule has 0 amide bonds. The van der Waals surface area contributed by atoms with E-state index < -0.39 is 0 Å². The smallest absolute Gasteiger partial charge is 0.155 e. The molecule has 0 saturated heterocycles. The Morgan fingerprint density at radius 1 is 1.04 bits per heavy atom. The van der Waals surface area contributed by atoms with E-state index in [0.29, 0.717) is 30.5 Å². The molecule has 0 aliphatic heterocycles. The van der Waals surface area contributed by atoms with Gasteiger partial charge in [-0.1, -0.05) is 26.3 Å². The van der Waals surface area contributed by atoms with Gasteiger partial charge in [0.2, 0.25) is 0 Å². The lowest BCUT2D eigenvalue weighted by Crippen LogP contribution is -2.61. The Morgan fingerprint density at radius 2 is 1.76 bits per heavy atom. The Morgan fingerprint density at radius 3 is 2.44 bits per heavy atom. The standard InChI is InChI=1S/C22H30O3/c1-13(23)16-7-8-17-18-6-5-14-11-15(24)9-10-21(14,3)22(18,4)19(25)12-20(16,17)2/h11,16-18H,5-10,12H2,1-4H3. The van der Waals surface area contributed by atoms with E-state index in [1.54, 1.807) is 6.92 Å². The van der Waals surface area contributed by atoms with E-state index in [0.717, 1.165) is 32.1 Å². The van der Waals surface area contributed by atoms with Crippen LogP contribution >= 0.6 is 0 Å².